The fourth-order valence-electron chi connectivity index (χ4n) is 7.68. The van der Waals surface area contributed by atoms with Gasteiger partial charge in [0.2, 0.25) is 0 Å². The monoisotopic (exact) mass is 787 g/mol. The van der Waals surface area contributed by atoms with Crippen LogP contribution in [0.15, 0.2) is 223 Å². The Bertz CT molecular complexity index is 2990. The van der Waals surface area contributed by atoms with Crippen molar-refractivity contribution in [1.29, 1.82) is 0 Å². The van der Waals surface area contributed by atoms with Crippen molar-refractivity contribution in [2.24, 2.45) is 0 Å². The summed E-state index contributed by atoms with van der Waals surface area (Å²) in [6, 6.07) is 49.5. The first-order chi connectivity index (χ1) is 30.1. The molecule has 0 unspecified atom stereocenters. The van der Waals surface area contributed by atoms with E-state index in [2.05, 4.69) is 153 Å². The van der Waals surface area contributed by atoms with E-state index in [0.29, 0.717) is 23.9 Å². The number of hydrogen-bond donors (Lipinski definition) is 0. The van der Waals surface area contributed by atoms with E-state index in [4.69, 9.17) is 19.7 Å². The molecule has 0 amide bonds. The van der Waals surface area contributed by atoms with Gasteiger partial charge in [-0.25, -0.2) is 15.0 Å². The van der Waals surface area contributed by atoms with Crippen molar-refractivity contribution in [3.8, 4) is 56.2 Å². The van der Waals surface area contributed by atoms with Crippen molar-refractivity contribution in [3.05, 3.63) is 235 Å². The SMILES string of the molecule is C/C=C\C=C/c1cccc(-c2cc(-c3ccc(-c4ccc5ccccc5c4)cc3)cc(-c3nc(C4=CC=CCC(OC5=CC=CC=CC5)=C4C)nc(-c4ccccc4)n3)c2)c1. The van der Waals surface area contributed by atoms with Gasteiger partial charge in [0.1, 0.15) is 11.5 Å². The zero-order valence-electron chi connectivity index (χ0n) is 34.4. The third-order valence-corrected chi connectivity index (χ3v) is 11.0. The molecule has 0 fully saturated rings. The molecule has 0 aliphatic heterocycles. The average molecular weight is 788 g/mol. The van der Waals surface area contributed by atoms with E-state index in [1.54, 1.807) is 0 Å². The van der Waals surface area contributed by atoms with Crippen molar-refractivity contribution in [3.63, 3.8) is 0 Å². The van der Waals surface area contributed by atoms with Crippen LogP contribution in [0.2, 0.25) is 0 Å². The number of benzene rings is 6. The summed E-state index contributed by atoms with van der Waals surface area (Å²) in [5, 5.41) is 2.47. The minimum absolute atomic E-state index is 0.589. The highest BCUT2D eigenvalue weighted by atomic mass is 16.5. The molecule has 0 saturated heterocycles. The maximum Gasteiger partial charge on any atom is 0.164 e. The molecule has 7 aromatic rings. The third kappa shape index (κ3) is 9.00. The van der Waals surface area contributed by atoms with Crippen LogP contribution in [0.5, 0.6) is 0 Å². The minimum atomic E-state index is 0.589. The maximum atomic E-state index is 6.58. The lowest BCUT2D eigenvalue weighted by molar-refractivity contribution is 0.289. The molecule has 4 heteroatoms. The third-order valence-electron chi connectivity index (χ3n) is 11.0. The molecular formula is C57H45N3O. The number of nitrogens with zero attached hydrogens (tertiary/aromatic N) is 3. The Hall–Kier alpha value is -7.69. The second-order valence-corrected chi connectivity index (χ2v) is 15.1. The molecule has 2 aliphatic rings. The summed E-state index contributed by atoms with van der Waals surface area (Å²) in [5.41, 5.74) is 11.5. The summed E-state index contributed by atoms with van der Waals surface area (Å²) in [6.07, 6.45) is 26.2. The van der Waals surface area contributed by atoms with Gasteiger partial charge in [0.05, 0.1) is 0 Å². The Morgan fingerprint density at radius 2 is 1.13 bits per heavy atom. The molecule has 0 bridgehead atoms. The van der Waals surface area contributed by atoms with Gasteiger partial charge < -0.3 is 4.74 Å². The predicted molar refractivity (Wildman–Crippen MR) is 255 cm³/mol. The summed E-state index contributed by atoms with van der Waals surface area (Å²) in [4.78, 5) is 15.6. The molecule has 294 valence electrons. The van der Waals surface area contributed by atoms with Gasteiger partial charge in [0.25, 0.3) is 0 Å². The topological polar surface area (TPSA) is 47.9 Å². The zero-order valence-corrected chi connectivity index (χ0v) is 34.4. The standard InChI is InChI=1S/C57H45N3O/c1-3-4-8-18-41-19-17-24-46(35-41)50-37-49(44-31-29-43(30-32-44)48-34-33-42-20-13-14-23-47(42)36-48)38-51(39-50)56-58-55(45-21-9-7-10-22-45)59-57(60-56)53-27-15-16-28-54(40(53)2)61-52-25-11-5-6-12-26-52/h3-25,27,29-39H,26,28H2,1-2H3/b4-3-,18-8-. The van der Waals surface area contributed by atoms with E-state index < -0.39 is 0 Å². The van der Waals surface area contributed by atoms with E-state index >= 15 is 0 Å². The summed E-state index contributed by atoms with van der Waals surface area (Å²) in [7, 11) is 0. The fourth-order valence-corrected chi connectivity index (χ4v) is 7.68. The number of ether oxygens (including phenoxy) is 1. The maximum absolute atomic E-state index is 6.58. The lowest BCUT2D eigenvalue weighted by Crippen LogP contribution is -2.05. The quantitative estimate of drug-likeness (QED) is 0.130. The lowest BCUT2D eigenvalue weighted by atomic mass is 9.93. The molecule has 4 nitrogen and oxygen atoms in total. The highest BCUT2D eigenvalue weighted by Gasteiger charge is 2.20. The molecule has 9 rings (SSSR count). The van der Waals surface area contributed by atoms with Gasteiger partial charge in [-0.1, -0.05) is 176 Å². The van der Waals surface area contributed by atoms with E-state index in [1.807, 2.05) is 73.7 Å². The van der Waals surface area contributed by atoms with E-state index in [1.165, 1.54) is 21.9 Å². The average Bonchev–Trinajstić information content (AvgIpc) is 3.69. The number of allylic oxidation sites excluding steroid dienone is 13. The Morgan fingerprint density at radius 3 is 1.95 bits per heavy atom. The van der Waals surface area contributed by atoms with Gasteiger partial charge in [-0.2, -0.15) is 0 Å². The Kier molecular flexibility index (Phi) is 11.5. The first kappa shape index (κ1) is 38.8. The van der Waals surface area contributed by atoms with E-state index in [9.17, 15) is 0 Å². The van der Waals surface area contributed by atoms with Crippen LogP contribution in [0.25, 0.3) is 78.6 Å². The first-order valence-electron chi connectivity index (χ1n) is 20.8. The molecule has 0 atom stereocenters. The summed E-state index contributed by atoms with van der Waals surface area (Å²) < 4.78 is 6.58. The van der Waals surface area contributed by atoms with Crippen molar-refractivity contribution >= 4 is 22.4 Å². The van der Waals surface area contributed by atoms with Crippen LogP contribution in [0.4, 0.5) is 0 Å². The normalized spacial score (nSPS) is 14.1. The van der Waals surface area contributed by atoms with Crippen LogP contribution in [-0.4, -0.2) is 15.0 Å². The first-order valence-corrected chi connectivity index (χ1v) is 20.8. The van der Waals surface area contributed by atoms with Gasteiger partial charge in [0.15, 0.2) is 17.5 Å². The van der Waals surface area contributed by atoms with Gasteiger partial charge in [-0.3, -0.25) is 0 Å². The Labute approximate surface area is 358 Å². The van der Waals surface area contributed by atoms with Crippen LogP contribution in [0, 0.1) is 0 Å². The van der Waals surface area contributed by atoms with Gasteiger partial charge >= 0.3 is 0 Å². The summed E-state index contributed by atoms with van der Waals surface area (Å²) >= 11 is 0. The van der Waals surface area contributed by atoms with Crippen LogP contribution in [0.1, 0.15) is 38.1 Å². The molecule has 1 aromatic heterocycles. The molecule has 1 heterocycles. The molecule has 61 heavy (non-hydrogen) atoms. The van der Waals surface area contributed by atoms with E-state index in [0.717, 1.165) is 68.0 Å². The van der Waals surface area contributed by atoms with Gasteiger partial charge in [-0.05, 0) is 106 Å². The minimum Gasteiger partial charge on any atom is -0.465 e. The highest BCUT2D eigenvalue weighted by Crippen LogP contribution is 2.36. The zero-order chi connectivity index (χ0) is 41.4. The van der Waals surface area contributed by atoms with Crippen molar-refractivity contribution < 1.29 is 4.74 Å². The highest BCUT2D eigenvalue weighted by molar-refractivity contribution is 5.88. The summed E-state index contributed by atoms with van der Waals surface area (Å²) in [6.45, 7) is 4.12. The van der Waals surface area contributed by atoms with Crippen molar-refractivity contribution in [2.45, 2.75) is 26.7 Å². The molecule has 0 spiro atoms. The smallest absolute Gasteiger partial charge is 0.164 e. The molecule has 6 aromatic carbocycles. The second kappa shape index (κ2) is 18.1. The van der Waals surface area contributed by atoms with Gasteiger partial charge in [-0.15, -0.1) is 0 Å². The van der Waals surface area contributed by atoms with Crippen LogP contribution in [0.3, 0.4) is 0 Å². The predicted octanol–water partition coefficient (Wildman–Crippen LogP) is 15.0. The van der Waals surface area contributed by atoms with E-state index in [-0.39, 0.29) is 0 Å². The summed E-state index contributed by atoms with van der Waals surface area (Å²) in [5.74, 6) is 3.56. The number of hydrogen-bond acceptors (Lipinski definition) is 4. The lowest BCUT2D eigenvalue weighted by Gasteiger charge is -2.16. The number of aromatic nitrogens is 3. The second-order valence-electron chi connectivity index (χ2n) is 15.1. The molecule has 2 aliphatic carbocycles. The molecular weight excluding hydrogens is 743 g/mol. The van der Waals surface area contributed by atoms with Crippen LogP contribution in [-0.2, 0) is 4.74 Å². The van der Waals surface area contributed by atoms with Crippen molar-refractivity contribution in [2.75, 3.05) is 0 Å². The van der Waals surface area contributed by atoms with Crippen molar-refractivity contribution in [1.82, 2.24) is 15.0 Å². The Morgan fingerprint density at radius 1 is 0.475 bits per heavy atom. The molecule has 0 N–H and O–H groups in total. The largest absolute Gasteiger partial charge is 0.465 e. The van der Waals surface area contributed by atoms with Crippen LogP contribution < -0.4 is 0 Å². The van der Waals surface area contributed by atoms with Gasteiger partial charge in [0, 0.05) is 29.5 Å². The molecule has 0 radical (unpaired) electrons. The van der Waals surface area contributed by atoms with Crippen LogP contribution >= 0.6 is 0 Å². The fraction of sp³-hybridized carbons (Fsp3) is 0.0702. The Balaban J connectivity index is 1.18. The number of rotatable bonds is 10. The molecule has 0 saturated carbocycles. The number of fused-ring (bicyclic) bond motifs is 1.